The second-order valence-corrected chi connectivity index (χ2v) is 8.65. The molecule has 5 nitrogen and oxygen atoms in total. The van der Waals surface area contributed by atoms with Gasteiger partial charge in [0, 0.05) is 30.7 Å². The van der Waals surface area contributed by atoms with Crippen LogP contribution in [0.1, 0.15) is 30.0 Å². The molecule has 1 fully saturated rings. The molecule has 0 aromatic heterocycles. The minimum Gasteiger partial charge on any atom is -0.508 e. The molecular formula is C25H25N3O2. The molecule has 3 aromatic carbocycles. The monoisotopic (exact) mass is 399 g/mol. The molecule has 5 heteroatoms. The maximum atomic E-state index is 11.7. The van der Waals surface area contributed by atoms with Crippen LogP contribution in [0.4, 0.5) is 11.4 Å². The zero-order valence-corrected chi connectivity index (χ0v) is 16.8. The first kappa shape index (κ1) is 17.8. The summed E-state index contributed by atoms with van der Waals surface area (Å²) in [6.45, 7) is 1.98. The van der Waals surface area contributed by atoms with Gasteiger partial charge in [-0.3, -0.25) is 9.69 Å². The van der Waals surface area contributed by atoms with Crippen LogP contribution in [0.2, 0.25) is 0 Å². The number of aldehydes is 1. The summed E-state index contributed by atoms with van der Waals surface area (Å²) in [6.07, 6.45) is 3.66. The quantitative estimate of drug-likeness (QED) is 0.651. The van der Waals surface area contributed by atoms with E-state index in [1.54, 1.807) is 0 Å². The number of carbonyl (C=O) groups excluding carboxylic acids is 1. The van der Waals surface area contributed by atoms with Gasteiger partial charge in [0.1, 0.15) is 5.75 Å². The number of phenols is 1. The molecule has 30 heavy (non-hydrogen) atoms. The lowest BCUT2D eigenvalue weighted by Crippen LogP contribution is -2.50. The number of rotatable bonds is 3. The van der Waals surface area contributed by atoms with E-state index in [-0.39, 0.29) is 6.17 Å². The SMILES string of the molecule is O=CC1Nc2ccccc2N1C1CCN(C2Cc3c(O)ccc4cccc2c34)CC1. The Morgan fingerprint density at radius 2 is 1.83 bits per heavy atom. The van der Waals surface area contributed by atoms with Gasteiger partial charge in [-0.05, 0) is 53.8 Å². The van der Waals surface area contributed by atoms with Crippen molar-refractivity contribution in [1.29, 1.82) is 0 Å². The van der Waals surface area contributed by atoms with E-state index in [9.17, 15) is 9.90 Å². The molecule has 3 aliphatic rings. The summed E-state index contributed by atoms with van der Waals surface area (Å²) in [5.74, 6) is 0.418. The molecule has 2 unspecified atom stereocenters. The number of hydrogen-bond acceptors (Lipinski definition) is 5. The van der Waals surface area contributed by atoms with E-state index in [1.165, 1.54) is 16.3 Å². The first-order chi connectivity index (χ1) is 14.7. The van der Waals surface area contributed by atoms with Crippen molar-refractivity contribution in [3.63, 3.8) is 0 Å². The summed E-state index contributed by atoms with van der Waals surface area (Å²) in [7, 11) is 0. The Balaban J connectivity index is 1.24. The summed E-state index contributed by atoms with van der Waals surface area (Å²) >= 11 is 0. The number of nitrogens with one attached hydrogen (secondary N) is 1. The number of aromatic hydroxyl groups is 1. The van der Waals surface area contributed by atoms with E-state index in [4.69, 9.17) is 0 Å². The average molecular weight is 399 g/mol. The van der Waals surface area contributed by atoms with E-state index < -0.39 is 0 Å². The third-order valence-corrected chi connectivity index (χ3v) is 7.16. The zero-order chi connectivity index (χ0) is 20.2. The lowest BCUT2D eigenvalue weighted by atomic mass is 9.98. The van der Waals surface area contributed by atoms with Crippen LogP contribution in [0, 0.1) is 0 Å². The van der Waals surface area contributed by atoms with Gasteiger partial charge < -0.3 is 15.3 Å². The highest BCUT2D eigenvalue weighted by Gasteiger charge is 2.38. The van der Waals surface area contributed by atoms with Crippen LogP contribution in [0.3, 0.4) is 0 Å². The van der Waals surface area contributed by atoms with Crippen LogP contribution >= 0.6 is 0 Å². The fourth-order valence-corrected chi connectivity index (χ4v) is 5.79. The molecule has 0 amide bonds. The van der Waals surface area contributed by atoms with Crippen molar-refractivity contribution in [2.45, 2.75) is 37.5 Å². The van der Waals surface area contributed by atoms with E-state index >= 15 is 0 Å². The lowest BCUT2D eigenvalue weighted by Gasteiger charge is -2.41. The fourth-order valence-electron chi connectivity index (χ4n) is 5.79. The van der Waals surface area contributed by atoms with E-state index in [1.807, 2.05) is 30.3 Å². The van der Waals surface area contributed by atoms with Crippen molar-refractivity contribution < 1.29 is 9.90 Å². The molecule has 1 saturated heterocycles. The second-order valence-electron chi connectivity index (χ2n) is 8.65. The second kappa shape index (κ2) is 6.74. The minimum absolute atomic E-state index is 0.277. The van der Waals surface area contributed by atoms with Gasteiger partial charge in [-0.2, -0.15) is 0 Å². The molecule has 2 atom stereocenters. The Kier molecular flexibility index (Phi) is 4.00. The number of hydrogen-bond donors (Lipinski definition) is 2. The van der Waals surface area contributed by atoms with Gasteiger partial charge >= 0.3 is 0 Å². The molecule has 152 valence electrons. The molecule has 2 aliphatic heterocycles. The predicted molar refractivity (Wildman–Crippen MR) is 119 cm³/mol. The lowest BCUT2D eigenvalue weighted by molar-refractivity contribution is -0.108. The smallest absolute Gasteiger partial charge is 0.162 e. The summed E-state index contributed by atoms with van der Waals surface area (Å²) < 4.78 is 0. The van der Waals surface area contributed by atoms with Gasteiger partial charge in [-0.25, -0.2) is 0 Å². The highest BCUT2D eigenvalue weighted by Crippen LogP contribution is 2.45. The number of phenolic OH excluding ortho intramolecular Hbond substituents is 1. The average Bonchev–Trinajstić information content (AvgIpc) is 3.36. The topological polar surface area (TPSA) is 55.8 Å². The van der Waals surface area contributed by atoms with Crippen molar-refractivity contribution in [1.82, 2.24) is 4.90 Å². The van der Waals surface area contributed by atoms with Crippen molar-refractivity contribution >= 4 is 28.4 Å². The summed E-state index contributed by atoms with van der Waals surface area (Å²) in [6, 6.07) is 19.2. The predicted octanol–water partition coefficient (Wildman–Crippen LogP) is 4.06. The summed E-state index contributed by atoms with van der Waals surface area (Å²) in [5.41, 5.74) is 4.62. The number of piperidine rings is 1. The van der Waals surface area contributed by atoms with Crippen molar-refractivity contribution in [3.05, 3.63) is 65.7 Å². The van der Waals surface area contributed by atoms with Gasteiger partial charge in [0.15, 0.2) is 12.5 Å². The molecule has 6 rings (SSSR count). The van der Waals surface area contributed by atoms with Gasteiger partial charge in [-0.1, -0.05) is 36.4 Å². The molecule has 2 N–H and O–H groups in total. The number of fused-ring (bicyclic) bond motifs is 1. The van der Waals surface area contributed by atoms with Crippen LogP contribution in [0.5, 0.6) is 5.75 Å². The number of nitrogens with zero attached hydrogens (tertiary/aromatic N) is 2. The maximum Gasteiger partial charge on any atom is 0.162 e. The normalized spacial score (nSPS) is 23.5. The third kappa shape index (κ3) is 2.55. The Hall–Kier alpha value is -3.05. The van der Waals surface area contributed by atoms with Gasteiger partial charge in [-0.15, -0.1) is 0 Å². The van der Waals surface area contributed by atoms with Crippen molar-refractivity contribution in [2.75, 3.05) is 23.3 Å². The van der Waals surface area contributed by atoms with Crippen LogP contribution < -0.4 is 10.2 Å². The molecule has 2 heterocycles. The molecule has 0 bridgehead atoms. The van der Waals surface area contributed by atoms with Gasteiger partial charge in [0.05, 0.1) is 11.4 Å². The first-order valence-electron chi connectivity index (χ1n) is 10.8. The number of likely N-dealkylation sites (tertiary alicyclic amines) is 1. The Bertz CT molecular complexity index is 1140. The Morgan fingerprint density at radius 1 is 1.00 bits per heavy atom. The first-order valence-corrected chi connectivity index (χ1v) is 10.8. The molecule has 0 saturated carbocycles. The van der Waals surface area contributed by atoms with Crippen LogP contribution in [0.15, 0.2) is 54.6 Å². The van der Waals surface area contributed by atoms with Crippen LogP contribution in [-0.4, -0.2) is 41.6 Å². The molecule has 1 aliphatic carbocycles. The number of para-hydroxylation sites is 2. The van der Waals surface area contributed by atoms with Crippen LogP contribution in [0.25, 0.3) is 10.8 Å². The van der Waals surface area contributed by atoms with E-state index in [0.717, 1.165) is 55.6 Å². The number of carbonyl (C=O) groups is 1. The summed E-state index contributed by atoms with van der Waals surface area (Å²) in [4.78, 5) is 16.6. The number of anilines is 2. The van der Waals surface area contributed by atoms with Crippen molar-refractivity contribution in [2.24, 2.45) is 0 Å². The Morgan fingerprint density at radius 3 is 2.67 bits per heavy atom. The molecule has 3 aromatic rings. The fraction of sp³-hybridized carbons (Fsp3) is 0.320. The molecule has 0 spiro atoms. The van der Waals surface area contributed by atoms with E-state index in [0.29, 0.717) is 17.8 Å². The standard InChI is InChI=1S/C25H25N3O2/c29-15-24-26-20-6-1-2-7-21(20)28(24)17-10-12-27(13-11-17)22-14-19-23(30)9-8-16-4-3-5-18(22)25(16)19/h1-9,15,17,22,24,26,30H,10-14H2. The van der Waals surface area contributed by atoms with Crippen LogP contribution in [-0.2, 0) is 11.2 Å². The van der Waals surface area contributed by atoms with Gasteiger partial charge in [0.25, 0.3) is 0 Å². The highest BCUT2D eigenvalue weighted by molar-refractivity contribution is 5.93. The summed E-state index contributed by atoms with van der Waals surface area (Å²) in [5, 5.41) is 16.2. The maximum absolute atomic E-state index is 11.7. The number of benzene rings is 3. The Labute approximate surface area is 175 Å². The van der Waals surface area contributed by atoms with E-state index in [2.05, 4.69) is 39.4 Å². The third-order valence-electron chi connectivity index (χ3n) is 7.16. The molecular weight excluding hydrogens is 374 g/mol. The highest BCUT2D eigenvalue weighted by atomic mass is 16.3. The minimum atomic E-state index is -0.277. The molecule has 0 radical (unpaired) electrons. The zero-order valence-electron chi connectivity index (χ0n) is 16.8. The van der Waals surface area contributed by atoms with Crippen molar-refractivity contribution in [3.8, 4) is 5.75 Å². The largest absolute Gasteiger partial charge is 0.508 e. The van der Waals surface area contributed by atoms with Gasteiger partial charge in [0.2, 0.25) is 0 Å².